The van der Waals surface area contributed by atoms with E-state index >= 15 is 0 Å². The number of benzene rings is 5. The van der Waals surface area contributed by atoms with E-state index in [4.69, 9.17) is 4.99 Å². The van der Waals surface area contributed by atoms with Gasteiger partial charge in [-0.25, -0.2) is 0 Å². The highest BCUT2D eigenvalue weighted by Gasteiger charge is 2.23. The van der Waals surface area contributed by atoms with Crippen LogP contribution in [0.5, 0.6) is 0 Å². The fourth-order valence-corrected chi connectivity index (χ4v) is 7.83. The summed E-state index contributed by atoms with van der Waals surface area (Å²) in [6.07, 6.45) is 7.21. The van der Waals surface area contributed by atoms with E-state index in [1.807, 2.05) is 47.9 Å². The van der Waals surface area contributed by atoms with E-state index in [1.165, 1.54) is 42.3 Å². The highest BCUT2D eigenvalue weighted by atomic mass is 32.1. The van der Waals surface area contributed by atoms with Crippen molar-refractivity contribution in [2.24, 2.45) is 4.99 Å². The lowest BCUT2D eigenvalue weighted by molar-refractivity contribution is 1.11. The van der Waals surface area contributed by atoms with Crippen LogP contribution in [-0.4, -0.2) is 10.3 Å². The first kappa shape index (κ1) is 31.1. The van der Waals surface area contributed by atoms with Gasteiger partial charge >= 0.3 is 0 Å². The molecule has 0 amide bonds. The minimum absolute atomic E-state index is 0.854. The van der Waals surface area contributed by atoms with E-state index in [2.05, 4.69) is 142 Å². The molecule has 0 saturated carbocycles. The van der Waals surface area contributed by atoms with Gasteiger partial charge in [0.25, 0.3) is 0 Å². The Bertz CT molecular complexity index is 2410. The Balaban J connectivity index is 1.55. The van der Waals surface area contributed by atoms with Crippen LogP contribution in [0.25, 0.3) is 54.5 Å². The number of rotatable bonds is 9. The van der Waals surface area contributed by atoms with Crippen LogP contribution in [0.1, 0.15) is 47.4 Å². The lowest BCUT2D eigenvalue weighted by atomic mass is 10.00. The largest absolute Gasteiger partial charge is 0.307 e. The quantitative estimate of drug-likeness (QED) is 0.111. The van der Waals surface area contributed by atoms with Crippen molar-refractivity contribution in [1.82, 2.24) is 4.57 Å². The van der Waals surface area contributed by atoms with Crippen molar-refractivity contribution in [1.29, 1.82) is 0 Å². The average Bonchev–Trinajstić information content (AvgIpc) is 3.65. The lowest BCUT2D eigenvalue weighted by Gasteiger charge is -2.17. The summed E-state index contributed by atoms with van der Waals surface area (Å²) in [6.45, 7) is 15.6. The van der Waals surface area contributed by atoms with E-state index < -0.39 is 0 Å². The number of thiophene rings is 1. The van der Waals surface area contributed by atoms with Crippen LogP contribution >= 0.6 is 11.3 Å². The first-order chi connectivity index (χ1) is 23.4. The van der Waals surface area contributed by atoms with Crippen molar-refractivity contribution in [3.05, 3.63) is 180 Å². The van der Waals surface area contributed by atoms with E-state index in [9.17, 15) is 0 Å². The zero-order chi connectivity index (χ0) is 33.2. The van der Waals surface area contributed by atoms with Gasteiger partial charge in [-0.3, -0.25) is 4.99 Å². The van der Waals surface area contributed by atoms with E-state index in [0.29, 0.717) is 0 Å². The molecule has 0 aliphatic carbocycles. The number of fused-ring (bicyclic) bond motifs is 5. The van der Waals surface area contributed by atoms with Crippen LogP contribution in [0.4, 0.5) is 0 Å². The summed E-state index contributed by atoms with van der Waals surface area (Å²) in [6, 6.07) is 42.6. The SMILES string of the molecule is C=Cc1c(/C=C(/C)Cc2ccccc2C)n(/C(=C/N=C(C)c2ccccc2)C(=C)c2ccccc2)c2ccc3c4ccccc4sc3c12. The topological polar surface area (TPSA) is 17.3 Å². The minimum Gasteiger partial charge on any atom is -0.307 e. The number of nitrogens with zero attached hydrogens (tertiary/aromatic N) is 2. The fourth-order valence-electron chi connectivity index (χ4n) is 6.57. The highest BCUT2D eigenvalue weighted by Crippen LogP contribution is 2.44. The molecule has 2 nitrogen and oxygen atoms in total. The van der Waals surface area contributed by atoms with Crippen molar-refractivity contribution >= 4 is 71.5 Å². The number of allylic oxidation sites excluding steroid dienone is 3. The maximum Gasteiger partial charge on any atom is 0.0717 e. The molecule has 0 radical (unpaired) electrons. The van der Waals surface area contributed by atoms with Crippen molar-refractivity contribution in [3.63, 3.8) is 0 Å². The summed E-state index contributed by atoms with van der Waals surface area (Å²) < 4.78 is 4.90. The van der Waals surface area contributed by atoms with Gasteiger partial charge in [-0.1, -0.05) is 134 Å². The first-order valence-electron chi connectivity index (χ1n) is 16.3. The minimum atomic E-state index is 0.854. The summed E-state index contributed by atoms with van der Waals surface area (Å²) in [5.41, 5.74) is 12.1. The van der Waals surface area contributed by atoms with Gasteiger partial charge in [0.15, 0.2) is 0 Å². The number of aryl methyl sites for hydroxylation is 1. The first-order valence-corrected chi connectivity index (χ1v) is 17.1. The second kappa shape index (κ2) is 13.3. The maximum absolute atomic E-state index is 5.09. The zero-order valence-electron chi connectivity index (χ0n) is 27.7. The monoisotopic (exact) mass is 638 g/mol. The van der Waals surface area contributed by atoms with Gasteiger partial charge in [-0.05, 0) is 67.7 Å². The number of aliphatic imine (C=N–C) groups is 1. The normalized spacial score (nSPS) is 12.7. The van der Waals surface area contributed by atoms with Crippen molar-refractivity contribution in [2.75, 3.05) is 0 Å². The van der Waals surface area contributed by atoms with Gasteiger partial charge in [-0.15, -0.1) is 11.3 Å². The molecule has 0 atom stereocenters. The summed E-state index contributed by atoms with van der Waals surface area (Å²) >= 11 is 1.85. The van der Waals surface area contributed by atoms with Gasteiger partial charge in [0.05, 0.1) is 23.1 Å². The Labute approximate surface area is 287 Å². The predicted octanol–water partition coefficient (Wildman–Crippen LogP) is 12.6. The molecular weight excluding hydrogens is 601 g/mol. The van der Waals surface area contributed by atoms with Crippen molar-refractivity contribution in [2.45, 2.75) is 27.2 Å². The van der Waals surface area contributed by atoms with Crippen molar-refractivity contribution in [3.8, 4) is 0 Å². The van der Waals surface area contributed by atoms with Crippen LogP contribution in [0.3, 0.4) is 0 Å². The lowest BCUT2D eigenvalue weighted by Crippen LogP contribution is -2.04. The van der Waals surface area contributed by atoms with Gasteiger partial charge in [0.1, 0.15) is 0 Å². The third kappa shape index (κ3) is 5.78. The van der Waals surface area contributed by atoms with Crippen LogP contribution in [-0.2, 0) is 6.42 Å². The molecule has 0 fully saturated rings. The Morgan fingerprint density at radius 3 is 2.17 bits per heavy atom. The molecule has 0 saturated heterocycles. The second-order valence-electron chi connectivity index (χ2n) is 12.3. The van der Waals surface area contributed by atoms with Crippen molar-refractivity contribution < 1.29 is 0 Å². The molecule has 5 aromatic carbocycles. The molecular formula is C45H38N2S. The summed E-state index contributed by atoms with van der Waals surface area (Å²) in [7, 11) is 0. The number of aromatic nitrogens is 1. The third-order valence-electron chi connectivity index (χ3n) is 9.11. The van der Waals surface area contributed by atoms with Gasteiger partial charge in [0.2, 0.25) is 0 Å². The second-order valence-corrected chi connectivity index (χ2v) is 13.4. The van der Waals surface area contributed by atoms with E-state index in [0.717, 1.165) is 51.3 Å². The molecule has 2 aromatic heterocycles. The fraction of sp³-hybridized carbons (Fsp3) is 0.0889. The molecule has 0 N–H and O–H groups in total. The Hall–Kier alpha value is -5.51. The molecule has 7 rings (SSSR count). The molecule has 0 spiro atoms. The van der Waals surface area contributed by atoms with Gasteiger partial charge in [-0.2, -0.15) is 0 Å². The van der Waals surface area contributed by atoms with Crippen LogP contribution in [0.2, 0.25) is 0 Å². The summed E-state index contributed by atoms with van der Waals surface area (Å²) in [5.74, 6) is 0. The van der Waals surface area contributed by atoms with Gasteiger partial charge in [0, 0.05) is 42.4 Å². The van der Waals surface area contributed by atoms with Crippen LogP contribution in [0, 0.1) is 6.92 Å². The molecule has 0 aliphatic rings. The molecule has 7 aromatic rings. The van der Waals surface area contributed by atoms with E-state index in [-0.39, 0.29) is 0 Å². The van der Waals surface area contributed by atoms with Gasteiger partial charge < -0.3 is 4.57 Å². The molecule has 48 heavy (non-hydrogen) atoms. The molecule has 3 heteroatoms. The molecule has 2 heterocycles. The zero-order valence-corrected chi connectivity index (χ0v) is 28.5. The maximum atomic E-state index is 5.09. The molecule has 0 unspecified atom stereocenters. The number of hydrogen-bond acceptors (Lipinski definition) is 2. The average molecular weight is 639 g/mol. The molecule has 0 bridgehead atoms. The standard InChI is InChI=1S/C45H38N2S/c1-6-37-41(28-30(2)27-36-22-14-13-17-31(36)3)47(40-26-25-39-38-23-15-16-24-43(38)48-45(39)44(37)40)42(32(4)34-18-9-7-10-19-34)29-46-33(5)35-20-11-8-12-21-35/h6-26,28-29H,1,4,27H2,2-3,5H3/b30-28-,42-29+,46-33?. The smallest absolute Gasteiger partial charge is 0.0717 e. The Morgan fingerprint density at radius 2 is 1.44 bits per heavy atom. The predicted molar refractivity (Wildman–Crippen MR) is 212 cm³/mol. The summed E-state index contributed by atoms with van der Waals surface area (Å²) in [5, 5.41) is 3.75. The Kier molecular flexibility index (Phi) is 8.63. The van der Waals surface area contributed by atoms with Crippen LogP contribution in [0.15, 0.2) is 151 Å². The molecule has 0 aliphatic heterocycles. The highest BCUT2D eigenvalue weighted by molar-refractivity contribution is 7.26. The third-order valence-corrected chi connectivity index (χ3v) is 10.3. The molecule has 234 valence electrons. The summed E-state index contributed by atoms with van der Waals surface area (Å²) in [4.78, 5) is 5.09. The Morgan fingerprint density at radius 1 is 0.771 bits per heavy atom. The number of hydrogen-bond donors (Lipinski definition) is 0. The van der Waals surface area contributed by atoms with Crippen LogP contribution < -0.4 is 0 Å². The van der Waals surface area contributed by atoms with E-state index in [1.54, 1.807) is 0 Å².